The van der Waals surface area contributed by atoms with Gasteiger partial charge in [-0.15, -0.1) is 0 Å². The fourth-order valence-corrected chi connectivity index (χ4v) is 12.2. The fraction of sp³-hybridized carbons (Fsp3) is 0.400. The van der Waals surface area contributed by atoms with Crippen molar-refractivity contribution in [2.24, 2.45) is 11.8 Å². The number of rotatable bonds is 10. The van der Waals surface area contributed by atoms with Gasteiger partial charge in [0.25, 0.3) is 0 Å². The monoisotopic (exact) mass is 875 g/mol. The van der Waals surface area contributed by atoms with Gasteiger partial charge in [-0.3, -0.25) is 4.79 Å². The van der Waals surface area contributed by atoms with Crippen molar-refractivity contribution >= 4 is 65.7 Å². The van der Waals surface area contributed by atoms with Gasteiger partial charge in [-0.2, -0.15) is 0 Å². The molecule has 3 nitrogen and oxygen atoms in total. The van der Waals surface area contributed by atoms with Gasteiger partial charge in [0.1, 0.15) is 0 Å². The molecule has 0 amide bonds. The molecule has 6 heteroatoms. The van der Waals surface area contributed by atoms with Crippen LogP contribution in [-0.4, -0.2) is 29.1 Å². The van der Waals surface area contributed by atoms with E-state index in [-0.39, 0.29) is 43.5 Å². The van der Waals surface area contributed by atoms with Gasteiger partial charge >= 0.3 is 186 Å². The molecule has 1 N–H and O–H groups in total. The number of nitrogens with zero attached hydrogens (tertiary/aromatic N) is 1. The van der Waals surface area contributed by atoms with Crippen LogP contribution in [0.4, 0.5) is 0 Å². The molecule has 0 saturated heterocycles. The normalized spacial score (nSPS) is 12.2. The second-order valence-corrected chi connectivity index (χ2v) is 25.0. The van der Waals surface area contributed by atoms with Crippen LogP contribution in [0.3, 0.4) is 0 Å². The van der Waals surface area contributed by atoms with Crippen molar-refractivity contribution in [3.63, 3.8) is 0 Å². The maximum Gasteiger partial charge on any atom is 0.162 e. The summed E-state index contributed by atoms with van der Waals surface area (Å²) in [6.07, 6.45) is 6.87. The molecule has 0 unspecified atom stereocenters. The molecular weight excluding hydrogens is 823 g/mol. The van der Waals surface area contributed by atoms with Crippen molar-refractivity contribution in [1.29, 1.82) is 0 Å². The Labute approximate surface area is 296 Å². The van der Waals surface area contributed by atoms with Gasteiger partial charge in [0.15, 0.2) is 5.78 Å². The predicted molar refractivity (Wildman–Crippen MR) is 200 cm³/mol. The number of aliphatic hydroxyl groups excluding tert-OH is 1. The van der Waals surface area contributed by atoms with Gasteiger partial charge in [-0.05, 0) is 25.7 Å². The summed E-state index contributed by atoms with van der Waals surface area (Å²) in [6, 6.07) is 23.6. The zero-order chi connectivity index (χ0) is 32.9. The molecule has 0 aliphatic heterocycles. The quantitative estimate of drug-likeness (QED) is 0.0658. The number of allylic oxidation sites excluding steroid dienone is 2. The van der Waals surface area contributed by atoms with Gasteiger partial charge in [0, 0.05) is 38.0 Å². The first-order chi connectivity index (χ1) is 21.4. The Bertz CT molecular complexity index is 1810. The van der Waals surface area contributed by atoms with E-state index in [1.165, 1.54) is 42.6 Å². The molecule has 0 aliphatic rings. The number of thiophene rings is 1. The maximum absolute atomic E-state index is 11.7. The molecule has 5 rings (SSSR count). The molecule has 247 valence electrons. The fourth-order valence-electron chi connectivity index (χ4n) is 6.15. The first kappa shape index (κ1) is 38.1. The molecule has 0 saturated carbocycles. The van der Waals surface area contributed by atoms with E-state index in [1.807, 2.05) is 45.2 Å². The number of benzene rings is 3. The molecule has 0 spiro atoms. The molecule has 2 aromatic heterocycles. The molecule has 0 bridgehead atoms. The predicted octanol–water partition coefficient (Wildman–Crippen LogP) is 11.6. The number of carbonyl (C=O) groups is 1. The maximum atomic E-state index is 11.7. The molecular formula is C40H50GeIrNO2S-. The van der Waals surface area contributed by atoms with Crippen LogP contribution in [0.5, 0.6) is 0 Å². The minimum Gasteiger partial charge on any atom is -0.512 e. The number of fused-ring (bicyclic) bond motifs is 4. The minimum atomic E-state index is -1.97. The largest absolute Gasteiger partial charge is 0.512 e. The molecule has 46 heavy (non-hydrogen) atoms. The first-order valence-electron chi connectivity index (χ1n) is 16.6. The summed E-state index contributed by atoms with van der Waals surface area (Å²) in [6.45, 7) is 12.6. The topological polar surface area (TPSA) is 50.2 Å². The van der Waals surface area contributed by atoms with Crippen molar-refractivity contribution in [3.8, 4) is 11.3 Å². The van der Waals surface area contributed by atoms with Gasteiger partial charge in [0.05, 0.1) is 5.76 Å². The smallest absolute Gasteiger partial charge is 0.162 e. The van der Waals surface area contributed by atoms with Gasteiger partial charge in [0.2, 0.25) is 0 Å². The standard InChI is InChI=1S/C27H26GeNS.C13H24O2.Ir/c1-17(2)23-16-19(15-18-9-6-7-10-20(18)23)25-27-22(13-14-29-25)21-11-8-12-24(26(21)30-27)28(3,4)5;1-5-10(6-2)12(14)9-13(15)11(7-3)8-4;/h6-14,16-17H,1-5H3;9-11,14H,5-8H2,1-4H3;/q-1;;/b;12-9-;. The van der Waals surface area contributed by atoms with Crippen molar-refractivity contribution < 1.29 is 30.0 Å². The number of ketones is 1. The molecule has 0 atom stereocenters. The third kappa shape index (κ3) is 8.39. The zero-order valence-corrected chi connectivity index (χ0v) is 34.3. The Balaban J connectivity index is 0.000000309. The van der Waals surface area contributed by atoms with Crippen molar-refractivity contribution in [2.45, 2.75) is 90.4 Å². The van der Waals surface area contributed by atoms with Crippen molar-refractivity contribution in [2.75, 3.05) is 0 Å². The Hall–Kier alpha value is -2.31. The third-order valence-corrected chi connectivity index (χ3v) is 14.9. The van der Waals surface area contributed by atoms with Crippen LogP contribution in [0.25, 0.3) is 42.2 Å². The first-order valence-corrected chi connectivity index (χ1v) is 24.8. The van der Waals surface area contributed by atoms with Gasteiger partial charge < -0.3 is 5.11 Å². The summed E-state index contributed by atoms with van der Waals surface area (Å²) in [5.41, 5.74) is 3.53. The van der Waals surface area contributed by atoms with E-state index in [1.54, 1.807) is 4.40 Å². The van der Waals surface area contributed by atoms with Crippen LogP contribution in [-0.2, 0) is 24.9 Å². The van der Waals surface area contributed by atoms with Crippen molar-refractivity contribution in [1.82, 2.24) is 4.98 Å². The van der Waals surface area contributed by atoms with Crippen LogP contribution >= 0.6 is 11.3 Å². The minimum absolute atomic E-state index is 0. The third-order valence-electron chi connectivity index (χ3n) is 8.99. The van der Waals surface area contributed by atoms with Crippen LogP contribution in [0.1, 0.15) is 78.7 Å². The molecule has 3 aromatic carbocycles. The Morgan fingerprint density at radius 3 is 2.09 bits per heavy atom. The van der Waals surface area contributed by atoms with Crippen LogP contribution in [0.15, 0.2) is 72.6 Å². The van der Waals surface area contributed by atoms with E-state index in [0.717, 1.165) is 36.9 Å². The van der Waals surface area contributed by atoms with E-state index < -0.39 is 13.3 Å². The van der Waals surface area contributed by atoms with Crippen LogP contribution in [0.2, 0.25) is 17.3 Å². The van der Waals surface area contributed by atoms with E-state index in [9.17, 15) is 9.90 Å². The second kappa shape index (κ2) is 16.7. The molecule has 0 fully saturated rings. The average Bonchev–Trinajstić information content (AvgIpc) is 3.40. The summed E-state index contributed by atoms with van der Waals surface area (Å²) >= 11 is -0.0537. The Kier molecular flexibility index (Phi) is 13.8. The van der Waals surface area contributed by atoms with Crippen LogP contribution in [0, 0.1) is 17.9 Å². The summed E-state index contributed by atoms with van der Waals surface area (Å²) in [5, 5.41) is 14.9. The summed E-state index contributed by atoms with van der Waals surface area (Å²) in [4.78, 5) is 16.6. The van der Waals surface area contributed by atoms with E-state index in [0.29, 0.717) is 5.92 Å². The molecule has 5 aromatic rings. The van der Waals surface area contributed by atoms with Gasteiger partial charge in [-0.1, -0.05) is 27.7 Å². The van der Waals surface area contributed by atoms with Crippen molar-refractivity contribution in [3.05, 3.63) is 84.3 Å². The average molecular weight is 874 g/mol. The van der Waals surface area contributed by atoms with E-state index in [2.05, 4.69) is 91.8 Å². The summed E-state index contributed by atoms with van der Waals surface area (Å²) in [7, 11) is 0. The van der Waals surface area contributed by atoms with Crippen LogP contribution < -0.4 is 4.40 Å². The molecule has 0 aliphatic carbocycles. The Morgan fingerprint density at radius 2 is 1.48 bits per heavy atom. The number of pyridine rings is 1. The number of hydrogen-bond donors (Lipinski definition) is 1. The number of hydrogen-bond acceptors (Lipinski definition) is 4. The van der Waals surface area contributed by atoms with Gasteiger partial charge in [-0.25, -0.2) is 0 Å². The summed E-state index contributed by atoms with van der Waals surface area (Å²) < 4.78 is 4.33. The number of carbonyl (C=O) groups excluding carboxylic acids is 1. The van der Waals surface area contributed by atoms with E-state index >= 15 is 0 Å². The second-order valence-electron chi connectivity index (χ2n) is 13.4. The number of aliphatic hydroxyl groups is 1. The Morgan fingerprint density at radius 1 is 0.870 bits per heavy atom. The SMILES string of the molecule is CC(C)c1cc(-c2nccc3c2sc2[c]([Ge]([CH3])([CH3])[CH3])cccc23)[c-]c2ccccc12.CCC(CC)C(=O)/C=C(\O)C(CC)CC.[Ir]. The molecule has 2 heterocycles. The van der Waals surface area contributed by atoms with E-state index in [4.69, 9.17) is 4.98 Å². The number of aromatic nitrogens is 1. The zero-order valence-electron chi connectivity index (χ0n) is 29.0. The molecule has 1 radical (unpaired) electrons. The summed E-state index contributed by atoms with van der Waals surface area (Å²) in [5.74, 6) is 8.43.